The van der Waals surface area contributed by atoms with Gasteiger partial charge in [-0.1, -0.05) is 0 Å². The Morgan fingerprint density at radius 3 is 2.95 bits per heavy atom. The fraction of sp³-hybridized carbons (Fsp3) is 0.214. The van der Waals surface area contributed by atoms with Crippen molar-refractivity contribution >= 4 is 5.91 Å². The predicted molar refractivity (Wildman–Crippen MR) is 67.3 cm³/mol. The van der Waals surface area contributed by atoms with Crippen LogP contribution in [-0.4, -0.2) is 19.2 Å². The Balaban J connectivity index is 1.58. The van der Waals surface area contributed by atoms with Gasteiger partial charge in [0.1, 0.15) is 5.76 Å². The largest absolute Gasteiger partial charge is 0.469 e. The van der Waals surface area contributed by atoms with Crippen molar-refractivity contribution in [2.75, 3.05) is 13.3 Å². The zero-order valence-corrected chi connectivity index (χ0v) is 10.2. The Hall–Kier alpha value is -2.43. The number of nitrogens with one attached hydrogen (secondary N) is 1. The van der Waals surface area contributed by atoms with E-state index in [0.29, 0.717) is 30.0 Å². The van der Waals surface area contributed by atoms with E-state index < -0.39 is 0 Å². The van der Waals surface area contributed by atoms with Crippen LogP contribution in [0.4, 0.5) is 0 Å². The molecule has 3 rings (SSSR count). The highest BCUT2D eigenvalue weighted by atomic mass is 16.7. The fourth-order valence-corrected chi connectivity index (χ4v) is 1.89. The molecule has 0 radical (unpaired) electrons. The molecule has 1 aliphatic heterocycles. The number of ether oxygens (including phenoxy) is 2. The van der Waals surface area contributed by atoms with E-state index in [-0.39, 0.29) is 12.7 Å². The average Bonchev–Trinajstić information content (AvgIpc) is 3.08. The van der Waals surface area contributed by atoms with Crippen LogP contribution < -0.4 is 14.8 Å². The summed E-state index contributed by atoms with van der Waals surface area (Å²) in [6.45, 7) is 0.736. The van der Waals surface area contributed by atoms with Crippen LogP contribution in [0.3, 0.4) is 0 Å². The van der Waals surface area contributed by atoms with E-state index in [1.807, 2.05) is 12.1 Å². The summed E-state index contributed by atoms with van der Waals surface area (Å²) in [5.41, 5.74) is 0.559. The van der Waals surface area contributed by atoms with Gasteiger partial charge in [-0.2, -0.15) is 0 Å². The van der Waals surface area contributed by atoms with E-state index in [4.69, 9.17) is 13.9 Å². The molecular formula is C14H13NO4. The highest BCUT2D eigenvalue weighted by Crippen LogP contribution is 2.32. The second-order valence-electron chi connectivity index (χ2n) is 4.15. The third-order valence-electron chi connectivity index (χ3n) is 2.87. The van der Waals surface area contributed by atoms with Crippen molar-refractivity contribution in [1.82, 2.24) is 5.32 Å². The van der Waals surface area contributed by atoms with E-state index in [2.05, 4.69) is 5.32 Å². The van der Waals surface area contributed by atoms with Gasteiger partial charge in [0, 0.05) is 18.5 Å². The molecule has 2 heterocycles. The Bertz CT molecular complexity index is 577. The van der Waals surface area contributed by atoms with Crippen molar-refractivity contribution < 1.29 is 18.7 Å². The SMILES string of the molecule is O=C(NCCc1ccco1)c1ccc2c(c1)OCO2. The highest BCUT2D eigenvalue weighted by Gasteiger charge is 2.15. The van der Waals surface area contributed by atoms with Gasteiger partial charge in [0.05, 0.1) is 6.26 Å². The summed E-state index contributed by atoms with van der Waals surface area (Å²) in [4.78, 5) is 11.9. The Morgan fingerprint density at radius 2 is 2.11 bits per heavy atom. The molecule has 2 aromatic rings. The minimum atomic E-state index is -0.134. The molecule has 1 N–H and O–H groups in total. The lowest BCUT2D eigenvalue weighted by Crippen LogP contribution is -2.25. The molecule has 0 fully saturated rings. The molecule has 5 nitrogen and oxygen atoms in total. The first-order chi connectivity index (χ1) is 9.33. The lowest BCUT2D eigenvalue weighted by Gasteiger charge is -2.05. The molecular weight excluding hydrogens is 246 g/mol. The van der Waals surface area contributed by atoms with Crippen molar-refractivity contribution in [3.05, 3.63) is 47.9 Å². The number of amides is 1. The number of carbonyl (C=O) groups is 1. The summed E-state index contributed by atoms with van der Waals surface area (Å²) in [6, 6.07) is 8.85. The number of furan rings is 1. The summed E-state index contributed by atoms with van der Waals surface area (Å²) in [5.74, 6) is 2.00. The first-order valence-electron chi connectivity index (χ1n) is 6.03. The van der Waals surface area contributed by atoms with Gasteiger partial charge in [-0.3, -0.25) is 4.79 Å². The van der Waals surface area contributed by atoms with Gasteiger partial charge in [0.25, 0.3) is 5.91 Å². The molecule has 98 valence electrons. The molecule has 0 unspecified atom stereocenters. The van der Waals surface area contributed by atoms with Crippen LogP contribution >= 0.6 is 0 Å². The van der Waals surface area contributed by atoms with Crippen LogP contribution in [0.25, 0.3) is 0 Å². The van der Waals surface area contributed by atoms with E-state index in [0.717, 1.165) is 5.76 Å². The fourth-order valence-electron chi connectivity index (χ4n) is 1.89. The minimum absolute atomic E-state index is 0.134. The van der Waals surface area contributed by atoms with E-state index in [1.165, 1.54) is 0 Å². The van der Waals surface area contributed by atoms with Crippen LogP contribution in [0.2, 0.25) is 0 Å². The number of fused-ring (bicyclic) bond motifs is 1. The number of carbonyl (C=O) groups excluding carboxylic acids is 1. The summed E-state index contributed by atoms with van der Waals surface area (Å²) >= 11 is 0. The van der Waals surface area contributed by atoms with Gasteiger partial charge >= 0.3 is 0 Å². The van der Waals surface area contributed by atoms with Gasteiger partial charge in [0.2, 0.25) is 6.79 Å². The van der Waals surface area contributed by atoms with E-state index in [1.54, 1.807) is 24.5 Å². The monoisotopic (exact) mass is 259 g/mol. The van der Waals surface area contributed by atoms with Crippen molar-refractivity contribution in [1.29, 1.82) is 0 Å². The summed E-state index contributed by atoms with van der Waals surface area (Å²) in [7, 11) is 0. The third kappa shape index (κ3) is 2.54. The first kappa shape index (κ1) is 11.6. The first-order valence-corrected chi connectivity index (χ1v) is 6.03. The van der Waals surface area contributed by atoms with Crippen LogP contribution in [-0.2, 0) is 6.42 Å². The Morgan fingerprint density at radius 1 is 1.21 bits per heavy atom. The molecule has 0 atom stereocenters. The van der Waals surface area contributed by atoms with Gasteiger partial charge in [-0.25, -0.2) is 0 Å². The van der Waals surface area contributed by atoms with Crippen molar-refractivity contribution in [2.45, 2.75) is 6.42 Å². The molecule has 0 spiro atoms. The quantitative estimate of drug-likeness (QED) is 0.912. The minimum Gasteiger partial charge on any atom is -0.469 e. The second kappa shape index (κ2) is 5.06. The van der Waals surface area contributed by atoms with Crippen LogP contribution in [0.5, 0.6) is 11.5 Å². The second-order valence-corrected chi connectivity index (χ2v) is 4.15. The standard InChI is InChI=1S/C14H13NO4/c16-14(15-6-5-11-2-1-7-17-11)10-3-4-12-13(8-10)19-9-18-12/h1-4,7-8H,5-6,9H2,(H,15,16). The zero-order chi connectivity index (χ0) is 13.1. The van der Waals surface area contributed by atoms with Crippen LogP contribution in [0.1, 0.15) is 16.1 Å². The maximum atomic E-state index is 11.9. The smallest absolute Gasteiger partial charge is 0.251 e. The number of hydrogen-bond donors (Lipinski definition) is 1. The third-order valence-corrected chi connectivity index (χ3v) is 2.87. The molecule has 5 heteroatoms. The zero-order valence-electron chi connectivity index (χ0n) is 10.2. The van der Waals surface area contributed by atoms with Crippen molar-refractivity contribution in [2.24, 2.45) is 0 Å². The van der Waals surface area contributed by atoms with Gasteiger partial charge < -0.3 is 19.2 Å². The van der Waals surface area contributed by atoms with Crippen molar-refractivity contribution in [3.63, 3.8) is 0 Å². The maximum Gasteiger partial charge on any atom is 0.251 e. The normalized spacial score (nSPS) is 12.4. The molecule has 1 amide bonds. The van der Waals surface area contributed by atoms with E-state index in [9.17, 15) is 4.79 Å². The lowest BCUT2D eigenvalue weighted by atomic mass is 10.2. The molecule has 0 saturated carbocycles. The molecule has 0 aliphatic carbocycles. The summed E-state index contributed by atoms with van der Waals surface area (Å²) in [6.07, 6.45) is 2.29. The van der Waals surface area contributed by atoms with E-state index >= 15 is 0 Å². The highest BCUT2D eigenvalue weighted by molar-refractivity contribution is 5.94. The molecule has 19 heavy (non-hydrogen) atoms. The number of hydrogen-bond acceptors (Lipinski definition) is 4. The van der Waals surface area contributed by atoms with Crippen molar-refractivity contribution in [3.8, 4) is 11.5 Å². The summed E-state index contributed by atoms with van der Waals surface area (Å²) < 4.78 is 15.6. The van der Waals surface area contributed by atoms with Gasteiger partial charge in [0.15, 0.2) is 11.5 Å². The topological polar surface area (TPSA) is 60.7 Å². The molecule has 0 saturated heterocycles. The number of rotatable bonds is 4. The lowest BCUT2D eigenvalue weighted by molar-refractivity contribution is 0.0953. The van der Waals surface area contributed by atoms with Gasteiger partial charge in [-0.15, -0.1) is 0 Å². The molecule has 1 aliphatic rings. The summed E-state index contributed by atoms with van der Waals surface area (Å²) in [5, 5.41) is 2.83. The molecule has 1 aromatic heterocycles. The van der Waals surface area contributed by atoms with Crippen LogP contribution in [0, 0.1) is 0 Å². The Labute approximate surface area is 110 Å². The maximum absolute atomic E-state index is 11.9. The molecule has 0 bridgehead atoms. The predicted octanol–water partition coefficient (Wildman–Crippen LogP) is 1.98. The van der Waals surface area contributed by atoms with Gasteiger partial charge in [-0.05, 0) is 30.3 Å². The molecule has 1 aromatic carbocycles. The Kier molecular flexibility index (Phi) is 3.10. The number of benzene rings is 1. The van der Waals surface area contributed by atoms with Crippen LogP contribution in [0.15, 0.2) is 41.0 Å². The average molecular weight is 259 g/mol.